The van der Waals surface area contributed by atoms with Gasteiger partial charge in [-0.25, -0.2) is 4.98 Å². The summed E-state index contributed by atoms with van der Waals surface area (Å²) in [5, 5.41) is 11.5. The van der Waals surface area contributed by atoms with Crippen LogP contribution in [0.3, 0.4) is 0 Å². The number of nitrogens with one attached hydrogen (secondary N) is 1. The molecule has 32 heavy (non-hydrogen) atoms. The first-order chi connectivity index (χ1) is 15.4. The molecule has 0 unspecified atom stereocenters. The molecule has 4 aromatic rings. The van der Waals surface area contributed by atoms with Gasteiger partial charge in [0, 0.05) is 18.2 Å². The largest absolute Gasteiger partial charge is 0.460 e. The van der Waals surface area contributed by atoms with Crippen LogP contribution in [0.4, 0.5) is 5.69 Å². The van der Waals surface area contributed by atoms with Crippen molar-refractivity contribution in [3.8, 4) is 22.9 Å². The number of anilines is 1. The quantitative estimate of drug-likeness (QED) is 0.312. The molecule has 0 radical (unpaired) electrons. The van der Waals surface area contributed by atoms with Gasteiger partial charge in [-0.1, -0.05) is 11.8 Å². The number of ketones is 1. The summed E-state index contributed by atoms with van der Waals surface area (Å²) in [7, 11) is 0. The van der Waals surface area contributed by atoms with E-state index >= 15 is 0 Å². The molecule has 9 heteroatoms. The van der Waals surface area contributed by atoms with E-state index in [1.165, 1.54) is 18.7 Å². The van der Waals surface area contributed by atoms with E-state index in [-0.39, 0.29) is 17.4 Å². The molecule has 0 aliphatic carbocycles. The zero-order valence-corrected chi connectivity index (χ0v) is 18.5. The molecule has 3 aromatic heterocycles. The lowest BCUT2D eigenvalue weighted by Crippen LogP contribution is -2.07. The molecule has 4 rings (SSSR count). The van der Waals surface area contributed by atoms with Gasteiger partial charge in [-0.3, -0.25) is 9.59 Å². The number of hydrogen-bond donors (Lipinski definition) is 1. The molecule has 0 spiro atoms. The SMILES string of the molecule is CC(=O)Nc1ccc(C(=O)CSc2nnc(-c3ccc(C)o3)c(-c3ccc(C)o3)n2)cc1. The van der Waals surface area contributed by atoms with E-state index in [1.807, 2.05) is 32.0 Å². The molecule has 0 atom stereocenters. The second-order valence-electron chi connectivity index (χ2n) is 7.08. The van der Waals surface area contributed by atoms with Crippen molar-refractivity contribution < 1.29 is 18.4 Å². The van der Waals surface area contributed by atoms with Crippen molar-refractivity contribution in [3.63, 3.8) is 0 Å². The molecule has 0 saturated heterocycles. The Balaban J connectivity index is 1.54. The summed E-state index contributed by atoms with van der Waals surface area (Å²) in [5.41, 5.74) is 2.13. The maximum absolute atomic E-state index is 12.6. The Hall–Kier alpha value is -3.72. The van der Waals surface area contributed by atoms with E-state index in [2.05, 4.69) is 20.5 Å². The molecule has 8 nitrogen and oxygen atoms in total. The number of furan rings is 2. The van der Waals surface area contributed by atoms with Gasteiger partial charge in [-0.15, -0.1) is 10.2 Å². The standard InChI is InChI=1S/C23H20N4O4S/c1-13-4-10-19(30-13)21-22(20-11-5-14(2)31-20)26-27-23(25-21)32-12-18(29)16-6-8-17(9-7-16)24-15(3)28/h4-11H,12H2,1-3H3,(H,24,28). The summed E-state index contributed by atoms with van der Waals surface area (Å²) in [6, 6.07) is 14.0. The zero-order chi connectivity index (χ0) is 22.7. The van der Waals surface area contributed by atoms with Crippen molar-refractivity contribution in [3.05, 3.63) is 65.6 Å². The molecule has 1 N–H and O–H groups in total. The topological polar surface area (TPSA) is 111 Å². The minimum atomic E-state index is -0.167. The second-order valence-corrected chi connectivity index (χ2v) is 8.03. The van der Waals surface area contributed by atoms with Crippen LogP contribution in [0.25, 0.3) is 22.9 Å². The molecule has 0 saturated carbocycles. The van der Waals surface area contributed by atoms with E-state index in [4.69, 9.17) is 8.83 Å². The van der Waals surface area contributed by atoms with Crippen LogP contribution in [0.5, 0.6) is 0 Å². The van der Waals surface area contributed by atoms with E-state index in [0.717, 1.165) is 11.5 Å². The van der Waals surface area contributed by atoms with Crippen molar-refractivity contribution in [1.82, 2.24) is 15.2 Å². The van der Waals surface area contributed by atoms with Crippen molar-refractivity contribution in [1.29, 1.82) is 0 Å². The van der Waals surface area contributed by atoms with E-state index in [1.54, 1.807) is 30.3 Å². The first kappa shape index (κ1) is 21.5. The predicted octanol–water partition coefficient (Wildman–Crippen LogP) is 4.94. The van der Waals surface area contributed by atoms with Crippen LogP contribution >= 0.6 is 11.8 Å². The van der Waals surface area contributed by atoms with Gasteiger partial charge in [-0.05, 0) is 62.4 Å². The van der Waals surface area contributed by atoms with Gasteiger partial charge in [0.05, 0.1) is 5.75 Å². The molecule has 0 aliphatic heterocycles. The predicted molar refractivity (Wildman–Crippen MR) is 121 cm³/mol. The monoisotopic (exact) mass is 448 g/mol. The summed E-state index contributed by atoms with van der Waals surface area (Å²) in [6.45, 7) is 5.13. The number of rotatable bonds is 7. The van der Waals surface area contributed by atoms with Crippen LogP contribution in [0.15, 0.2) is 62.5 Å². The fourth-order valence-corrected chi connectivity index (χ4v) is 3.67. The van der Waals surface area contributed by atoms with Gasteiger partial charge in [0.2, 0.25) is 11.1 Å². The average Bonchev–Trinajstić information content (AvgIpc) is 3.40. The fourth-order valence-electron chi connectivity index (χ4n) is 2.99. The summed E-state index contributed by atoms with van der Waals surface area (Å²) >= 11 is 1.19. The number of aryl methyl sites for hydroxylation is 2. The first-order valence-electron chi connectivity index (χ1n) is 9.81. The molecule has 0 aliphatic rings. The van der Waals surface area contributed by atoms with Gasteiger partial charge >= 0.3 is 0 Å². The van der Waals surface area contributed by atoms with Crippen molar-refractivity contribution >= 4 is 29.1 Å². The van der Waals surface area contributed by atoms with Crippen LogP contribution in [0.2, 0.25) is 0 Å². The number of nitrogens with zero attached hydrogens (tertiary/aromatic N) is 3. The average molecular weight is 449 g/mol. The number of aromatic nitrogens is 3. The van der Waals surface area contributed by atoms with Gasteiger partial charge in [0.1, 0.15) is 17.2 Å². The normalized spacial score (nSPS) is 10.8. The fraction of sp³-hybridized carbons (Fsp3) is 0.174. The third kappa shape index (κ3) is 4.94. The number of carbonyl (C=O) groups excluding carboxylic acids is 2. The second kappa shape index (κ2) is 9.19. The molecule has 162 valence electrons. The number of hydrogen-bond acceptors (Lipinski definition) is 8. The van der Waals surface area contributed by atoms with Crippen LogP contribution in [0, 0.1) is 13.8 Å². The summed E-state index contributed by atoms with van der Waals surface area (Å²) in [6.07, 6.45) is 0. The van der Waals surface area contributed by atoms with Gasteiger partial charge in [0.15, 0.2) is 23.0 Å². The lowest BCUT2D eigenvalue weighted by molar-refractivity contribution is -0.114. The molecule has 0 fully saturated rings. The zero-order valence-electron chi connectivity index (χ0n) is 17.7. The summed E-state index contributed by atoms with van der Waals surface area (Å²) in [5.74, 6) is 2.46. The summed E-state index contributed by atoms with van der Waals surface area (Å²) in [4.78, 5) is 28.3. The third-order valence-electron chi connectivity index (χ3n) is 4.47. The van der Waals surface area contributed by atoms with E-state index in [0.29, 0.717) is 39.3 Å². The number of Topliss-reactive ketones (excluding diaryl/α,β-unsaturated/α-hetero) is 1. The Kier molecular flexibility index (Phi) is 6.18. The third-order valence-corrected chi connectivity index (χ3v) is 5.31. The molecular weight excluding hydrogens is 428 g/mol. The smallest absolute Gasteiger partial charge is 0.221 e. The molecule has 1 amide bonds. The van der Waals surface area contributed by atoms with Gasteiger partial charge in [0.25, 0.3) is 0 Å². The van der Waals surface area contributed by atoms with Gasteiger partial charge < -0.3 is 14.2 Å². The summed E-state index contributed by atoms with van der Waals surface area (Å²) < 4.78 is 11.4. The van der Waals surface area contributed by atoms with E-state index in [9.17, 15) is 9.59 Å². The molecular formula is C23H20N4O4S. The van der Waals surface area contributed by atoms with Gasteiger partial charge in [-0.2, -0.15) is 0 Å². The van der Waals surface area contributed by atoms with Crippen LogP contribution in [0.1, 0.15) is 28.8 Å². The van der Waals surface area contributed by atoms with Crippen molar-refractivity contribution in [2.45, 2.75) is 25.9 Å². The Morgan fingerprint density at radius 2 is 1.50 bits per heavy atom. The van der Waals surface area contributed by atoms with Crippen LogP contribution < -0.4 is 5.32 Å². The number of amides is 1. The Bertz CT molecular complexity index is 1280. The first-order valence-corrected chi connectivity index (χ1v) is 10.8. The molecule has 1 aromatic carbocycles. The lowest BCUT2D eigenvalue weighted by atomic mass is 10.1. The van der Waals surface area contributed by atoms with Crippen LogP contribution in [-0.4, -0.2) is 32.6 Å². The maximum atomic E-state index is 12.6. The van der Waals surface area contributed by atoms with E-state index < -0.39 is 0 Å². The highest BCUT2D eigenvalue weighted by Crippen LogP contribution is 2.32. The molecule has 0 bridgehead atoms. The van der Waals surface area contributed by atoms with Crippen molar-refractivity contribution in [2.75, 3.05) is 11.1 Å². The highest BCUT2D eigenvalue weighted by Gasteiger charge is 2.19. The number of thioether (sulfide) groups is 1. The molecule has 3 heterocycles. The van der Waals surface area contributed by atoms with Crippen molar-refractivity contribution in [2.24, 2.45) is 0 Å². The maximum Gasteiger partial charge on any atom is 0.221 e. The highest BCUT2D eigenvalue weighted by atomic mass is 32.2. The number of benzene rings is 1. The van der Waals surface area contributed by atoms with Crippen LogP contribution in [-0.2, 0) is 4.79 Å². The minimum absolute atomic E-state index is 0.0888. The minimum Gasteiger partial charge on any atom is -0.460 e. The lowest BCUT2D eigenvalue weighted by Gasteiger charge is -2.06. The highest BCUT2D eigenvalue weighted by molar-refractivity contribution is 7.99. The Morgan fingerprint density at radius 1 is 0.875 bits per heavy atom. The number of carbonyl (C=O) groups is 2. The Labute approximate surface area is 188 Å². The Morgan fingerprint density at radius 3 is 2.06 bits per heavy atom.